The first kappa shape index (κ1) is 14.3. The molecular formula is C15H19N3O2. The second-order valence-corrected chi connectivity index (χ2v) is 5.30. The van der Waals surface area contributed by atoms with Crippen molar-refractivity contribution in [1.82, 2.24) is 0 Å². The lowest BCUT2D eigenvalue weighted by Crippen LogP contribution is -2.32. The van der Waals surface area contributed by atoms with Crippen LogP contribution in [0.5, 0.6) is 0 Å². The smallest absolute Gasteiger partial charge is 0.292 e. The summed E-state index contributed by atoms with van der Waals surface area (Å²) in [6.07, 6.45) is 5.66. The largest absolute Gasteiger partial charge is 0.376 e. The third kappa shape index (κ3) is 3.08. The zero-order valence-corrected chi connectivity index (χ0v) is 11.6. The second kappa shape index (κ2) is 6.38. The molecule has 5 heteroatoms. The highest BCUT2D eigenvalue weighted by molar-refractivity contribution is 5.64. The van der Waals surface area contributed by atoms with Crippen molar-refractivity contribution in [2.24, 2.45) is 5.92 Å². The van der Waals surface area contributed by atoms with Crippen molar-refractivity contribution < 1.29 is 4.92 Å². The second-order valence-electron chi connectivity index (χ2n) is 5.30. The average molecular weight is 273 g/mol. The topological polar surface area (TPSA) is 79.0 Å². The summed E-state index contributed by atoms with van der Waals surface area (Å²) in [5.74, 6) is 0.550. The monoisotopic (exact) mass is 273 g/mol. The van der Waals surface area contributed by atoms with Crippen LogP contribution in [0.3, 0.4) is 0 Å². The molecule has 1 aromatic rings. The van der Waals surface area contributed by atoms with Crippen molar-refractivity contribution in [3.63, 3.8) is 0 Å². The van der Waals surface area contributed by atoms with Crippen molar-refractivity contribution in [3.8, 4) is 6.07 Å². The van der Waals surface area contributed by atoms with Crippen LogP contribution >= 0.6 is 0 Å². The summed E-state index contributed by atoms with van der Waals surface area (Å²) in [6, 6.07) is 6.78. The van der Waals surface area contributed by atoms with E-state index in [4.69, 9.17) is 5.26 Å². The van der Waals surface area contributed by atoms with E-state index in [0.29, 0.717) is 17.2 Å². The van der Waals surface area contributed by atoms with Crippen LogP contribution in [0.4, 0.5) is 11.4 Å². The number of nitro groups is 1. The Morgan fingerprint density at radius 1 is 1.45 bits per heavy atom. The third-order valence-corrected chi connectivity index (χ3v) is 4.10. The van der Waals surface area contributed by atoms with Crippen molar-refractivity contribution in [2.75, 3.05) is 5.32 Å². The predicted molar refractivity (Wildman–Crippen MR) is 77.5 cm³/mol. The van der Waals surface area contributed by atoms with E-state index in [0.717, 1.165) is 19.3 Å². The number of hydrogen-bond donors (Lipinski definition) is 1. The van der Waals surface area contributed by atoms with Crippen LogP contribution in [0.2, 0.25) is 0 Å². The highest BCUT2D eigenvalue weighted by atomic mass is 16.6. The van der Waals surface area contributed by atoms with Crippen LogP contribution in [0.1, 0.15) is 44.6 Å². The molecule has 0 saturated heterocycles. The average Bonchev–Trinajstić information content (AvgIpc) is 2.47. The molecule has 1 N–H and O–H groups in total. The first-order chi connectivity index (χ1) is 9.65. The summed E-state index contributed by atoms with van der Waals surface area (Å²) in [5.41, 5.74) is 0.964. The van der Waals surface area contributed by atoms with Crippen LogP contribution < -0.4 is 5.32 Å². The highest BCUT2D eigenvalue weighted by Crippen LogP contribution is 2.33. The zero-order chi connectivity index (χ0) is 14.5. The third-order valence-electron chi connectivity index (χ3n) is 4.10. The maximum absolute atomic E-state index is 11.1. The van der Waals surface area contributed by atoms with E-state index in [9.17, 15) is 10.1 Å². The lowest BCUT2D eigenvalue weighted by molar-refractivity contribution is -0.384. The summed E-state index contributed by atoms with van der Waals surface area (Å²) in [7, 11) is 0. The molecule has 0 aromatic heterocycles. The summed E-state index contributed by atoms with van der Waals surface area (Å²) in [5, 5.41) is 23.4. The Kier molecular flexibility index (Phi) is 4.57. The fraction of sp³-hybridized carbons (Fsp3) is 0.533. The van der Waals surface area contributed by atoms with Gasteiger partial charge in [0, 0.05) is 12.1 Å². The molecule has 0 aliphatic heterocycles. The molecular weight excluding hydrogens is 254 g/mol. The molecule has 2 atom stereocenters. The molecule has 2 unspecified atom stereocenters. The minimum atomic E-state index is -0.396. The number of anilines is 1. The van der Waals surface area contributed by atoms with Gasteiger partial charge < -0.3 is 5.32 Å². The Balaban J connectivity index is 2.26. The van der Waals surface area contributed by atoms with E-state index in [1.165, 1.54) is 25.0 Å². The Morgan fingerprint density at radius 3 is 2.85 bits per heavy atom. The molecule has 1 aromatic carbocycles. The van der Waals surface area contributed by atoms with Crippen LogP contribution in [0, 0.1) is 27.4 Å². The molecule has 1 saturated carbocycles. The molecule has 5 nitrogen and oxygen atoms in total. The summed E-state index contributed by atoms with van der Waals surface area (Å²) < 4.78 is 0. The Morgan fingerprint density at radius 2 is 2.20 bits per heavy atom. The van der Waals surface area contributed by atoms with Crippen molar-refractivity contribution >= 4 is 11.4 Å². The molecule has 20 heavy (non-hydrogen) atoms. The van der Waals surface area contributed by atoms with Gasteiger partial charge in [0.1, 0.15) is 5.69 Å². The van der Waals surface area contributed by atoms with Gasteiger partial charge in [-0.3, -0.25) is 10.1 Å². The molecule has 106 valence electrons. The maximum Gasteiger partial charge on any atom is 0.292 e. The van der Waals surface area contributed by atoms with Crippen LogP contribution in [0.25, 0.3) is 0 Å². The lowest BCUT2D eigenvalue weighted by atomic mass is 9.82. The van der Waals surface area contributed by atoms with E-state index >= 15 is 0 Å². The number of nitro benzene ring substituents is 1. The fourth-order valence-electron chi connectivity index (χ4n) is 2.97. The Hall–Kier alpha value is -2.09. The van der Waals surface area contributed by atoms with Crippen LogP contribution in [-0.4, -0.2) is 11.0 Å². The zero-order valence-electron chi connectivity index (χ0n) is 11.6. The van der Waals surface area contributed by atoms with Crippen LogP contribution in [-0.2, 0) is 0 Å². The molecule has 0 spiro atoms. The lowest BCUT2D eigenvalue weighted by Gasteiger charge is -2.32. The van der Waals surface area contributed by atoms with Gasteiger partial charge in [0.2, 0.25) is 0 Å². The predicted octanol–water partition coefficient (Wildman–Crippen LogP) is 3.85. The summed E-state index contributed by atoms with van der Waals surface area (Å²) >= 11 is 0. The van der Waals surface area contributed by atoms with Crippen molar-refractivity contribution in [2.45, 2.75) is 45.1 Å². The normalized spacial score (nSPS) is 22.0. The molecule has 0 amide bonds. The molecule has 1 aliphatic carbocycles. The fourth-order valence-corrected chi connectivity index (χ4v) is 2.97. The van der Waals surface area contributed by atoms with Gasteiger partial charge in [0.05, 0.1) is 16.6 Å². The standard InChI is InChI=1S/C15H19N3O2/c1-2-12-5-3-4-6-13(12)17-14-9-11(10-16)7-8-15(14)18(19)20/h7-9,12-13,17H,2-6H2,1H3. The number of nitriles is 1. The van der Waals surface area contributed by atoms with Crippen molar-refractivity contribution in [1.29, 1.82) is 5.26 Å². The van der Waals surface area contributed by atoms with Crippen molar-refractivity contribution in [3.05, 3.63) is 33.9 Å². The van der Waals surface area contributed by atoms with Gasteiger partial charge in [0.15, 0.2) is 0 Å². The minimum Gasteiger partial charge on any atom is -0.376 e. The van der Waals surface area contributed by atoms with E-state index < -0.39 is 4.92 Å². The van der Waals surface area contributed by atoms with Gasteiger partial charge in [-0.15, -0.1) is 0 Å². The Bertz CT molecular complexity index is 536. The molecule has 0 radical (unpaired) electrons. The summed E-state index contributed by atoms with van der Waals surface area (Å²) in [6.45, 7) is 2.16. The van der Waals surface area contributed by atoms with Gasteiger partial charge in [-0.2, -0.15) is 5.26 Å². The highest BCUT2D eigenvalue weighted by Gasteiger charge is 2.26. The first-order valence-corrected chi connectivity index (χ1v) is 7.10. The Labute approximate surface area is 118 Å². The van der Waals surface area contributed by atoms with E-state index in [1.807, 2.05) is 6.07 Å². The number of nitrogens with zero attached hydrogens (tertiary/aromatic N) is 2. The molecule has 1 aliphatic rings. The molecule has 1 fully saturated rings. The number of nitrogens with one attached hydrogen (secondary N) is 1. The molecule has 2 rings (SSSR count). The van der Waals surface area contributed by atoms with E-state index in [1.54, 1.807) is 6.07 Å². The maximum atomic E-state index is 11.1. The van der Waals surface area contributed by atoms with Gasteiger partial charge in [-0.05, 0) is 30.9 Å². The SMILES string of the molecule is CCC1CCCCC1Nc1cc(C#N)ccc1[N+](=O)[O-]. The number of benzene rings is 1. The number of hydrogen-bond acceptors (Lipinski definition) is 4. The molecule has 0 bridgehead atoms. The van der Waals surface area contributed by atoms with Gasteiger partial charge in [0.25, 0.3) is 5.69 Å². The molecule has 0 heterocycles. The van der Waals surface area contributed by atoms with E-state index in [-0.39, 0.29) is 11.7 Å². The van der Waals surface area contributed by atoms with E-state index in [2.05, 4.69) is 12.2 Å². The van der Waals surface area contributed by atoms with Gasteiger partial charge in [-0.1, -0.05) is 26.2 Å². The quantitative estimate of drug-likeness (QED) is 0.667. The minimum absolute atomic E-state index is 0.0458. The summed E-state index contributed by atoms with van der Waals surface area (Å²) in [4.78, 5) is 10.7. The van der Waals surface area contributed by atoms with Crippen LogP contribution in [0.15, 0.2) is 18.2 Å². The first-order valence-electron chi connectivity index (χ1n) is 7.10. The van der Waals surface area contributed by atoms with Gasteiger partial charge in [-0.25, -0.2) is 0 Å². The number of rotatable bonds is 4. The van der Waals surface area contributed by atoms with Gasteiger partial charge >= 0.3 is 0 Å².